The number of aliphatic hydroxyl groups is 1. The predicted molar refractivity (Wildman–Crippen MR) is 122 cm³/mol. The van der Waals surface area contributed by atoms with E-state index in [4.69, 9.17) is 10.7 Å². The first-order chi connectivity index (χ1) is 15.2. The van der Waals surface area contributed by atoms with Crippen LogP contribution in [0.25, 0.3) is 16.8 Å². The monoisotopic (exact) mass is 433 g/mol. The average molecular weight is 433 g/mol. The van der Waals surface area contributed by atoms with E-state index < -0.39 is 17.8 Å². The summed E-state index contributed by atoms with van der Waals surface area (Å²) >= 11 is 0. The number of aliphatic hydroxyl groups excluding tert-OH is 1. The van der Waals surface area contributed by atoms with Crippen LogP contribution in [0.1, 0.15) is 34.3 Å². The number of nitrogens with two attached hydrogens (primary N) is 1. The van der Waals surface area contributed by atoms with Crippen molar-refractivity contribution in [2.75, 3.05) is 11.1 Å². The molecule has 0 bridgehead atoms. The van der Waals surface area contributed by atoms with Crippen molar-refractivity contribution in [3.05, 3.63) is 76.6 Å². The fourth-order valence-corrected chi connectivity index (χ4v) is 3.96. The number of carbonyl (C=O) groups excluding carboxylic acids is 1. The number of halogens is 1. The number of carbonyl (C=O) groups is 1. The quantitative estimate of drug-likeness (QED) is 0.451. The van der Waals surface area contributed by atoms with E-state index in [1.807, 2.05) is 31.2 Å². The number of imidazole rings is 1. The van der Waals surface area contributed by atoms with Crippen molar-refractivity contribution in [2.45, 2.75) is 33.8 Å². The van der Waals surface area contributed by atoms with Crippen LogP contribution in [0.15, 0.2) is 42.6 Å². The molecule has 1 amide bonds. The van der Waals surface area contributed by atoms with Gasteiger partial charge in [-0.1, -0.05) is 12.1 Å². The Morgan fingerprint density at radius 2 is 1.91 bits per heavy atom. The molecule has 0 spiro atoms. The molecule has 1 unspecified atom stereocenters. The van der Waals surface area contributed by atoms with Crippen LogP contribution in [0.5, 0.6) is 0 Å². The summed E-state index contributed by atoms with van der Waals surface area (Å²) in [6.07, 6.45) is 0.218. The van der Waals surface area contributed by atoms with Crippen LogP contribution in [-0.2, 0) is 4.79 Å². The zero-order valence-corrected chi connectivity index (χ0v) is 18.3. The molecule has 0 fully saturated rings. The topological polar surface area (TPSA) is 106 Å². The fourth-order valence-electron chi connectivity index (χ4n) is 3.96. The number of nitrogens with one attached hydrogen (secondary N) is 1. The number of anilines is 2. The Balaban J connectivity index is 1.64. The van der Waals surface area contributed by atoms with Gasteiger partial charge in [-0.25, -0.2) is 14.4 Å². The summed E-state index contributed by atoms with van der Waals surface area (Å²) in [4.78, 5) is 21.5. The maximum atomic E-state index is 13.6. The van der Waals surface area contributed by atoms with E-state index >= 15 is 0 Å². The average Bonchev–Trinajstić information content (AvgIpc) is 3.07. The van der Waals surface area contributed by atoms with Gasteiger partial charge >= 0.3 is 0 Å². The Labute approximate surface area is 184 Å². The summed E-state index contributed by atoms with van der Waals surface area (Å²) in [7, 11) is 0. The minimum atomic E-state index is -1.49. The molecule has 0 aliphatic carbocycles. The van der Waals surface area contributed by atoms with Gasteiger partial charge in [-0.05, 0) is 68.7 Å². The van der Waals surface area contributed by atoms with Gasteiger partial charge in [-0.3, -0.25) is 9.20 Å². The van der Waals surface area contributed by atoms with Gasteiger partial charge in [-0.2, -0.15) is 0 Å². The molecule has 2 heterocycles. The second-order valence-electron chi connectivity index (χ2n) is 7.96. The van der Waals surface area contributed by atoms with Crippen molar-refractivity contribution in [3.63, 3.8) is 0 Å². The molecule has 2 aromatic carbocycles. The van der Waals surface area contributed by atoms with Crippen LogP contribution in [0.2, 0.25) is 0 Å². The van der Waals surface area contributed by atoms with E-state index in [2.05, 4.69) is 10.3 Å². The smallest absolute Gasteiger partial charge is 0.257 e. The highest BCUT2D eigenvalue weighted by atomic mass is 19.1. The Bertz CT molecular complexity index is 1340. The normalized spacial score (nSPS) is 12.2. The van der Waals surface area contributed by atoms with Crippen LogP contribution in [0.4, 0.5) is 15.9 Å². The van der Waals surface area contributed by atoms with Crippen molar-refractivity contribution < 1.29 is 14.3 Å². The third-order valence-electron chi connectivity index (χ3n) is 5.41. The first kappa shape index (κ1) is 21.5. The van der Waals surface area contributed by atoms with Gasteiger partial charge in [0, 0.05) is 23.1 Å². The predicted octanol–water partition coefficient (Wildman–Crippen LogP) is 4.02. The largest absolute Gasteiger partial charge is 0.382 e. The molecule has 0 saturated heterocycles. The van der Waals surface area contributed by atoms with Gasteiger partial charge in [0.05, 0.1) is 0 Å². The molecule has 164 valence electrons. The second kappa shape index (κ2) is 8.05. The van der Waals surface area contributed by atoms with E-state index in [0.29, 0.717) is 22.8 Å². The molecule has 4 rings (SSSR count). The molecule has 4 N–H and O–H groups in total. The van der Waals surface area contributed by atoms with E-state index in [1.54, 1.807) is 31.3 Å². The van der Waals surface area contributed by atoms with Gasteiger partial charge in [0.1, 0.15) is 28.7 Å². The Kier molecular flexibility index (Phi) is 5.40. The maximum absolute atomic E-state index is 13.6. The summed E-state index contributed by atoms with van der Waals surface area (Å²) < 4.78 is 15.6. The number of aryl methyl sites for hydroxylation is 4. The first-order valence-corrected chi connectivity index (χ1v) is 10.1. The van der Waals surface area contributed by atoms with E-state index in [-0.39, 0.29) is 5.56 Å². The lowest BCUT2D eigenvalue weighted by Crippen LogP contribution is -2.21. The van der Waals surface area contributed by atoms with Crippen molar-refractivity contribution >= 4 is 22.9 Å². The molecule has 0 saturated carbocycles. The lowest BCUT2D eigenvalue weighted by atomic mass is 10.0. The number of fused-ring (bicyclic) bond motifs is 1. The summed E-state index contributed by atoms with van der Waals surface area (Å²) in [6.45, 7) is 7.44. The highest BCUT2D eigenvalue weighted by Crippen LogP contribution is 2.32. The van der Waals surface area contributed by atoms with Gasteiger partial charge < -0.3 is 16.2 Å². The van der Waals surface area contributed by atoms with Crippen LogP contribution >= 0.6 is 0 Å². The van der Waals surface area contributed by atoms with Crippen LogP contribution in [0, 0.1) is 33.5 Å². The third kappa shape index (κ3) is 3.80. The molecular formula is C24H24FN5O2. The molecule has 0 aliphatic heterocycles. The van der Waals surface area contributed by atoms with E-state index in [0.717, 1.165) is 34.2 Å². The SMILES string of the molecule is Cc1cc(F)cc(C(O)C(=O)Nc2ccc(-c3nc(C)n4c(C)cnc(N)c34)c(C)c2)c1. The lowest BCUT2D eigenvalue weighted by molar-refractivity contribution is -0.124. The highest BCUT2D eigenvalue weighted by Gasteiger charge is 2.20. The first-order valence-electron chi connectivity index (χ1n) is 10.1. The van der Waals surface area contributed by atoms with E-state index in [9.17, 15) is 14.3 Å². The molecule has 8 heteroatoms. The number of hydrogen-bond acceptors (Lipinski definition) is 5. The lowest BCUT2D eigenvalue weighted by Gasteiger charge is -2.14. The Morgan fingerprint density at radius 3 is 2.59 bits per heavy atom. The van der Waals surface area contributed by atoms with Crippen LogP contribution in [0.3, 0.4) is 0 Å². The second-order valence-corrected chi connectivity index (χ2v) is 7.96. The molecular weight excluding hydrogens is 409 g/mol. The standard InChI is InChI=1S/C24H24FN5O2/c1-12-7-16(10-17(25)8-12)22(31)24(32)29-18-5-6-19(13(2)9-18)20-21-23(26)27-11-14(3)30(21)15(4)28-20/h5-11,22,31H,1-4H3,(H2,26,27)(H,29,32). The molecule has 2 aromatic heterocycles. The summed E-state index contributed by atoms with van der Waals surface area (Å²) in [5.74, 6) is 0.0384. The zero-order chi connectivity index (χ0) is 23.2. The van der Waals surface area contributed by atoms with Gasteiger partial charge in [0.2, 0.25) is 0 Å². The van der Waals surface area contributed by atoms with Crippen molar-refractivity contribution in [2.24, 2.45) is 0 Å². The van der Waals surface area contributed by atoms with Gasteiger partial charge in [0.25, 0.3) is 5.91 Å². The number of nitrogens with zero attached hydrogens (tertiary/aromatic N) is 3. The van der Waals surface area contributed by atoms with Crippen molar-refractivity contribution in [3.8, 4) is 11.3 Å². The summed E-state index contributed by atoms with van der Waals surface area (Å²) in [5.41, 5.74) is 11.6. The summed E-state index contributed by atoms with van der Waals surface area (Å²) in [5, 5.41) is 13.1. The minimum absolute atomic E-state index is 0.201. The molecule has 0 aliphatic rings. The number of hydrogen-bond donors (Lipinski definition) is 3. The van der Waals surface area contributed by atoms with Gasteiger partial charge in [-0.15, -0.1) is 0 Å². The number of nitrogen functional groups attached to an aromatic ring is 1. The Hall–Kier alpha value is -3.78. The molecule has 0 radical (unpaired) electrons. The molecule has 4 aromatic rings. The number of aromatic nitrogens is 3. The van der Waals surface area contributed by atoms with E-state index in [1.165, 1.54) is 6.07 Å². The zero-order valence-electron chi connectivity index (χ0n) is 18.3. The highest BCUT2D eigenvalue weighted by molar-refractivity contribution is 5.95. The summed E-state index contributed by atoms with van der Waals surface area (Å²) in [6, 6.07) is 9.42. The fraction of sp³-hybridized carbons (Fsp3) is 0.208. The molecule has 1 atom stereocenters. The number of amides is 1. The van der Waals surface area contributed by atoms with Crippen LogP contribution in [-0.4, -0.2) is 25.4 Å². The van der Waals surface area contributed by atoms with Crippen LogP contribution < -0.4 is 11.1 Å². The van der Waals surface area contributed by atoms with Crippen molar-refractivity contribution in [1.29, 1.82) is 0 Å². The molecule has 7 nitrogen and oxygen atoms in total. The number of benzene rings is 2. The minimum Gasteiger partial charge on any atom is -0.382 e. The number of rotatable bonds is 4. The van der Waals surface area contributed by atoms with Gasteiger partial charge in [0.15, 0.2) is 6.10 Å². The Morgan fingerprint density at radius 1 is 1.16 bits per heavy atom. The molecule has 32 heavy (non-hydrogen) atoms. The maximum Gasteiger partial charge on any atom is 0.257 e. The third-order valence-corrected chi connectivity index (χ3v) is 5.41. The van der Waals surface area contributed by atoms with Crippen molar-refractivity contribution in [1.82, 2.24) is 14.4 Å².